The summed E-state index contributed by atoms with van der Waals surface area (Å²) >= 11 is 9.82. The molecule has 0 bridgehead atoms. The van der Waals surface area contributed by atoms with Gasteiger partial charge in [0.2, 0.25) is 0 Å². The van der Waals surface area contributed by atoms with Crippen LogP contribution in [-0.4, -0.2) is 17.8 Å². The first-order chi connectivity index (χ1) is 17.7. The van der Waals surface area contributed by atoms with E-state index >= 15 is 0 Å². The smallest absolute Gasteiger partial charge is 0.335 e. The van der Waals surface area contributed by atoms with E-state index in [1.807, 2.05) is 44.2 Å². The van der Waals surface area contributed by atoms with Crippen LogP contribution < -0.4 is 15.0 Å². The number of hydrogen-bond donors (Lipinski definition) is 1. The summed E-state index contributed by atoms with van der Waals surface area (Å²) in [7, 11) is 0. The van der Waals surface area contributed by atoms with E-state index in [2.05, 4.69) is 27.8 Å². The Labute approximate surface area is 228 Å². The van der Waals surface area contributed by atoms with Gasteiger partial charge in [0.05, 0.1) is 10.2 Å². The number of carbonyl (C=O) groups is 3. The third-order valence-corrected chi connectivity index (χ3v) is 6.96. The highest BCUT2D eigenvalue weighted by atomic mass is 79.9. The van der Waals surface area contributed by atoms with E-state index in [9.17, 15) is 14.4 Å². The SMILES string of the molecule is C=CCc1cc(/C=C2\C(=O)NC(=O)N(c3ccc(C)c(C)c3)C2=O)cc(Br)c1OCc1ccccc1Cl. The van der Waals surface area contributed by atoms with E-state index in [-0.39, 0.29) is 12.2 Å². The first-order valence-corrected chi connectivity index (χ1v) is 12.6. The highest BCUT2D eigenvalue weighted by Crippen LogP contribution is 2.34. The van der Waals surface area contributed by atoms with E-state index in [1.54, 1.807) is 30.3 Å². The van der Waals surface area contributed by atoms with Crippen LogP contribution in [0, 0.1) is 13.8 Å². The summed E-state index contributed by atoms with van der Waals surface area (Å²) in [6.07, 6.45) is 3.69. The Morgan fingerprint density at radius 2 is 1.78 bits per heavy atom. The predicted molar refractivity (Wildman–Crippen MR) is 149 cm³/mol. The Balaban J connectivity index is 1.68. The highest BCUT2D eigenvalue weighted by molar-refractivity contribution is 9.10. The maximum atomic E-state index is 13.3. The molecule has 8 heteroatoms. The minimum absolute atomic E-state index is 0.154. The molecule has 0 unspecified atom stereocenters. The van der Waals surface area contributed by atoms with Gasteiger partial charge in [-0.2, -0.15) is 0 Å². The fourth-order valence-electron chi connectivity index (χ4n) is 3.91. The van der Waals surface area contributed by atoms with Crippen molar-refractivity contribution in [2.75, 3.05) is 4.90 Å². The number of nitrogens with one attached hydrogen (secondary N) is 1. The van der Waals surface area contributed by atoms with Crippen molar-refractivity contribution in [3.8, 4) is 5.75 Å². The zero-order chi connectivity index (χ0) is 26.7. The number of carbonyl (C=O) groups excluding carboxylic acids is 3. The molecule has 0 saturated carbocycles. The van der Waals surface area contributed by atoms with Crippen LogP contribution in [0.5, 0.6) is 5.75 Å². The third-order valence-electron chi connectivity index (χ3n) is 6.00. The zero-order valence-corrected chi connectivity index (χ0v) is 22.7. The molecule has 0 atom stereocenters. The number of imide groups is 2. The van der Waals surface area contributed by atoms with Gasteiger partial charge in [-0.25, -0.2) is 9.69 Å². The number of nitrogens with zero attached hydrogens (tertiary/aromatic N) is 1. The van der Waals surface area contributed by atoms with Crippen LogP contribution in [0.3, 0.4) is 0 Å². The van der Waals surface area contributed by atoms with Gasteiger partial charge in [-0.05, 0) is 94.9 Å². The summed E-state index contributed by atoms with van der Waals surface area (Å²) in [5.74, 6) is -0.846. The largest absolute Gasteiger partial charge is 0.487 e. The number of rotatable bonds is 7. The Morgan fingerprint density at radius 1 is 1.03 bits per heavy atom. The normalized spacial score (nSPS) is 14.6. The molecule has 188 valence electrons. The van der Waals surface area contributed by atoms with Crippen LogP contribution >= 0.6 is 27.5 Å². The average Bonchev–Trinajstić information content (AvgIpc) is 2.84. The predicted octanol–water partition coefficient (Wildman–Crippen LogP) is 6.69. The Hall–Kier alpha value is -3.68. The van der Waals surface area contributed by atoms with Gasteiger partial charge in [0.15, 0.2) is 0 Å². The highest BCUT2D eigenvalue weighted by Gasteiger charge is 2.37. The van der Waals surface area contributed by atoms with Crippen LogP contribution in [0.25, 0.3) is 6.08 Å². The second kappa shape index (κ2) is 11.2. The number of barbiturate groups is 1. The number of hydrogen-bond acceptors (Lipinski definition) is 4. The van der Waals surface area contributed by atoms with Crippen LogP contribution in [0.15, 0.2) is 77.3 Å². The van der Waals surface area contributed by atoms with Crippen LogP contribution in [0.1, 0.15) is 27.8 Å². The lowest BCUT2D eigenvalue weighted by atomic mass is 10.0. The molecule has 0 aromatic heterocycles. The quantitative estimate of drug-likeness (QED) is 0.192. The van der Waals surface area contributed by atoms with Crippen molar-refractivity contribution in [3.05, 3.63) is 110 Å². The van der Waals surface area contributed by atoms with E-state index < -0.39 is 17.8 Å². The lowest BCUT2D eigenvalue weighted by molar-refractivity contribution is -0.122. The van der Waals surface area contributed by atoms with Gasteiger partial charge in [-0.15, -0.1) is 6.58 Å². The van der Waals surface area contributed by atoms with E-state index in [0.29, 0.717) is 32.9 Å². The fourth-order valence-corrected chi connectivity index (χ4v) is 4.74. The number of aryl methyl sites for hydroxylation is 2. The molecule has 6 nitrogen and oxygen atoms in total. The molecular weight excluding hydrogens is 556 g/mol. The van der Waals surface area contributed by atoms with Crippen LogP contribution in [-0.2, 0) is 22.6 Å². The van der Waals surface area contributed by atoms with Crippen molar-refractivity contribution >= 4 is 57.1 Å². The molecule has 0 aliphatic carbocycles. The third kappa shape index (κ3) is 5.68. The molecule has 3 aromatic rings. The molecule has 0 radical (unpaired) electrons. The number of anilines is 1. The monoisotopic (exact) mass is 578 g/mol. The molecule has 3 aromatic carbocycles. The minimum atomic E-state index is -0.785. The summed E-state index contributed by atoms with van der Waals surface area (Å²) in [6.45, 7) is 7.91. The van der Waals surface area contributed by atoms with Gasteiger partial charge in [0.1, 0.15) is 17.9 Å². The summed E-state index contributed by atoms with van der Waals surface area (Å²) in [4.78, 5) is 39.5. The Kier molecular flexibility index (Phi) is 7.95. The van der Waals surface area contributed by atoms with Crippen molar-refractivity contribution in [2.45, 2.75) is 26.9 Å². The summed E-state index contributed by atoms with van der Waals surface area (Å²) in [6, 6.07) is 15.4. The van der Waals surface area contributed by atoms with Crippen molar-refractivity contribution in [3.63, 3.8) is 0 Å². The minimum Gasteiger partial charge on any atom is -0.487 e. The van der Waals surface area contributed by atoms with E-state index in [4.69, 9.17) is 16.3 Å². The van der Waals surface area contributed by atoms with Crippen molar-refractivity contribution in [2.24, 2.45) is 0 Å². The van der Waals surface area contributed by atoms with Crippen LogP contribution in [0.2, 0.25) is 5.02 Å². The standard InChI is InChI=1S/C29H24BrClN2O4/c1-4-7-20-13-19(15-24(30)26(20)37-16-21-8-5-6-9-25(21)31)14-23-27(34)32-29(36)33(28(23)35)22-11-10-17(2)18(3)12-22/h4-6,8-15H,1,7,16H2,2-3H3,(H,32,34,36)/b23-14+. The van der Waals surface area contributed by atoms with Crippen molar-refractivity contribution in [1.29, 1.82) is 0 Å². The number of allylic oxidation sites excluding steroid dienone is 1. The lowest BCUT2D eigenvalue weighted by Gasteiger charge is -2.27. The van der Waals surface area contributed by atoms with E-state index in [1.165, 1.54) is 6.08 Å². The number of ether oxygens (including phenoxy) is 1. The second-order valence-corrected chi connectivity index (χ2v) is 9.85. The van der Waals surface area contributed by atoms with Crippen molar-refractivity contribution < 1.29 is 19.1 Å². The Morgan fingerprint density at radius 3 is 2.49 bits per heavy atom. The van der Waals surface area contributed by atoms with Crippen molar-refractivity contribution in [1.82, 2.24) is 5.32 Å². The molecule has 4 amide bonds. The summed E-state index contributed by atoms with van der Waals surface area (Å²) in [5, 5.41) is 2.87. The van der Waals surface area contributed by atoms with Gasteiger partial charge in [0, 0.05) is 10.6 Å². The average molecular weight is 580 g/mol. The number of benzene rings is 3. The summed E-state index contributed by atoms with van der Waals surface area (Å²) < 4.78 is 6.72. The van der Waals surface area contributed by atoms with Gasteiger partial charge in [-0.1, -0.05) is 41.9 Å². The maximum absolute atomic E-state index is 13.3. The molecule has 1 N–H and O–H groups in total. The number of halogens is 2. The van der Waals surface area contributed by atoms with Gasteiger partial charge >= 0.3 is 6.03 Å². The summed E-state index contributed by atoms with van der Waals surface area (Å²) in [5.41, 5.74) is 4.41. The Bertz CT molecular complexity index is 1460. The molecule has 1 saturated heterocycles. The lowest BCUT2D eigenvalue weighted by Crippen LogP contribution is -2.54. The molecule has 1 heterocycles. The molecular formula is C29H24BrClN2O4. The number of amides is 4. The van der Waals surface area contributed by atoms with Gasteiger partial charge in [0.25, 0.3) is 11.8 Å². The van der Waals surface area contributed by atoms with Gasteiger partial charge in [-0.3, -0.25) is 14.9 Å². The van der Waals surface area contributed by atoms with Crippen LogP contribution in [0.4, 0.5) is 10.5 Å². The maximum Gasteiger partial charge on any atom is 0.335 e. The number of urea groups is 1. The molecule has 1 fully saturated rings. The molecule has 1 aliphatic heterocycles. The molecule has 0 spiro atoms. The zero-order valence-electron chi connectivity index (χ0n) is 20.3. The topological polar surface area (TPSA) is 75.7 Å². The van der Waals surface area contributed by atoms with Gasteiger partial charge < -0.3 is 4.74 Å². The van der Waals surface area contributed by atoms with E-state index in [0.717, 1.165) is 27.2 Å². The molecule has 1 aliphatic rings. The molecule has 4 rings (SSSR count). The molecule has 37 heavy (non-hydrogen) atoms. The second-order valence-electron chi connectivity index (χ2n) is 8.59. The first-order valence-electron chi connectivity index (χ1n) is 11.5. The fraction of sp³-hybridized carbons (Fsp3) is 0.138. The first kappa shape index (κ1) is 26.4.